The molecule has 0 fully saturated rings. The molecule has 5 nitrogen and oxygen atoms in total. The molecule has 1 aliphatic rings. The number of aliphatic hydroxyl groups is 2. The van der Waals surface area contributed by atoms with Crippen LogP contribution in [0.1, 0.15) is 30.0 Å². The Bertz CT molecular complexity index is 1060. The molecular formula is C23H23ClN2O3S. The van der Waals surface area contributed by atoms with Gasteiger partial charge in [-0.3, -0.25) is 0 Å². The van der Waals surface area contributed by atoms with Gasteiger partial charge in [0, 0.05) is 21.7 Å². The number of halogens is 1. The van der Waals surface area contributed by atoms with Crippen LogP contribution < -0.4 is 9.64 Å². The summed E-state index contributed by atoms with van der Waals surface area (Å²) in [7, 11) is 1.63. The van der Waals surface area contributed by atoms with Gasteiger partial charge in [0.1, 0.15) is 5.75 Å². The van der Waals surface area contributed by atoms with Crippen molar-refractivity contribution in [3.63, 3.8) is 0 Å². The van der Waals surface area contributed by atoms with Crippen molar-refractivity contribution >= 4 is 40.7 Å². The SMILES string of the molecule is COc1cc(N2C=Nc3cc(-c4ccc(Cl)cc4)sc3C2O)ccc1CCC(C)O. The number of hydrogen-bond donors (Lipinski definition) is 2. The number of fused-ring (bicyclic) bond motifs is 1. The van der Waals surface area contributed by atoms with Crippen molar-refractivity contribution < 1.29 is 14.9 Å². The predicted octanol–water partition coefficient (Wildman–Crippen LogP) is 5.56. The zero-order chi connectivity index (χ0) is 21.3. The number of anilines is 1. The maximum atomic E-state index is 11.0. The van der Waals surface area contributed by atoms with Gasteiger partial charge in [0.05, 0.1) is 30.1 Å². The third-order valence-electron chi connectivity index (χ3n) is 5.09. The van der Waals surface area contributed by atoms with E-state index in [1.165, 1.54) is 11.3 Å². The van der Waals surface area contributed by atoms with E-state index in [0.29, 0.717) is 11.4 Å². The van der Waals surface area contributed by atoms with E-state index < -0.39 is 6.23 Å². The maximum absolute atomic E-state index is 11.0. The Morgan fingerprint density at radius 3 is 2.67 bits per heavy atom. The predicted molar refractivity (Wildman–Crippen MR) is 123 cm³/mol. The van der Waals surface area contributed by atoms with Crippen LogP contribution in [0.25, 0.3) is 10.4 Å². The van der Waals surface area contributed by atoms with Crippen molar-refractivity contribution in [1.82, 2.24) is 0 Å². The highest BCUT2D eigenvalue weighted by molar-refractivity contribution is 7.16. The second-order valence-corrected chi connectivity index (χ2v) is 8.80. The molecule has 4 rings (SSSR count). The molecule has 3 aromatic rings. The van der Waals surface area contributed by atoms with Crippen molar-refractivity contribution in [2.75, 3.05) is 12.0 Å². The van der Waals surface area contributed by atoms with Crippen LogP contribution in [0, 0.1) is 0 Å². The largest absolute Gasteiger partial charge is 0.496 e. The lowest BCUT2D eigenvalue weighted by Gasteiger charge is -2.28. The molecular weight excluding hydrogens is 420 g/mol. The third-order valence-corrected chi connectivity index (χ3v) is 6.55. The minimum absolute atomic E-state index is 0.363. The van der Waals surface area contributed by atoms with Gasteiger partial charge < -0.3 is 19.8 Å². The van der Waals surface area contributed by atoms with E-state index in [-0.39, 0.29) is 6.10 Å². The number of aliphatic hydroxyl groups excluding tert-OH is 2. The molecule has 1 aliphatic heterocycles. The molecule has 2 aromatic carbocycles. The Hall–Kier alpha value is -2.38. The molecule has 1 aromatic heterocycles. The molecule has 30 heavy (non-hydrogen) atoms. The van der Waals surface area contributed by atoms with Crippen LogP contribution in [0.5, 0.6) is 5.75 Å². The van der Waals surface area contributed by atoms with Gasteiger partial charge in [-0.25, -0.2) is 4.99 Å². The molecule has 0 spiro atoms. The number of ether oxygens (including phenoxy) is 1. The number of methoxy groups -OCH3 is 1. The molecule has 0 saturated carbocycles. The summed E-state index contributed by atoms with van der Waals surface area (Å²) < 4.78 is 5.54. The molecule has 0 aliphatic carbocycles. The van der Waals surface area contributed by atoms with Crippen molar-refractivity contribution in [2.45, 2.75) is 32.1 Å². The molecule has 0 amide bonds. The number of nitrogens with zero attached hydrogens (tertiary/aromatic N) is 2. The summed E-state index contributed by atoms with van der Waals surface area (Å²) in [5.74, 6) is 0.729. The monoisotopic (exact) mass is 442 g/mol. The number of benzene rings is 2. The van der Waals surface area contributed by atoms with Gasteiger partial charge in [0.2, 0.25) is 0 Å². The summed E-state index contributed by atoms with van der Waals surface area (Å²) in [6.07, 6.45) is 1.83. The molecule has 2 N–H and O–H groups in total. The second kappa shape index (κ2) is 8.78. The van der Waals surface area contributed by atoms with E-state index in [1.807, 2.05) is 48.5 Å². The molecule has 2 unspecified atom stereocenters. The van der Waals surface area contributed by atoms with Gasteiger partial charge in [-0.2, -0.15) is 0 Å². The highest BCUT2D eigenvalue weighted by Crippen LogP contribution is 2.44. The van der Waals surface area contributed by atoms with E-state index in [1.54, 1.807) is 25.3 Å². The van der Waals surface area contributed by atoms with Crippen molar-refractivity contribution in [3.8, 4) is 16.2 Å². The second-order valence-electron chi connectivity index (χ2n) is 7.28. The first-order valence-electron chi connectivity index (χ1n) is 9.71. The number of aryl methyl sites for hydroxylation is 1. The topological polar surface area (TPSA) is 65.3 Å². The van der Waals surface area contributed by atoms with Gasteiger partial charge in [-0.05, 0) is 55.2 Å². The van der Waals surface area contributed by atoms with Crippen molar-refractivity contribution in [3.05, 3.63) is 64.0 Å². The zero-order valence-electron chi connectivity index (χ0n) is 16.7. The van der Waals surface area contributed by atoms with Crippen LogP contribution >= 0.6 is 22.9 Å². The molecule has 0 radical (unpaired) electrons. The highest BCUT2D eigenvalue weighted by Gasteiger charge is 2.27. The van der Waals surface area contributed by atoms with E-state index in [2.05, 4.69) is 4.99 Å². The maximum Gasteiger partial charge on any atom is 0.169 e. The average molecular weight is 443 g/mol. The summed E-state index contributed by atoms with van der Waals surface area (Å²) >= 11 is 7.51. The van der Waals surface area contributed by atoms with Gasteiger partial charge in [0.15, 0.2) is 6.23 Å². The highest BCUT2D eigenvalue weighted by atomic mass is 35.5. The Morgan fingerprint density at radius 2 is 1.97 bits per heavy atom. The summed E-state index contributed by atoms with van der Waals surface area (Å²) in [6.45, 7) is 1.78. The average Bonchev–Trinajstić information content (AvgIpc) is 3.18. The fourth-order valence-electron chi connectivity index (χ4n) is 3.42. The lowest BCUT2D eigenvalue weighted by atomic mass is 10.1. The Kier molecular flexibility index (Phi) is 6.11. The Balaban J connectivity index is 1.60. The number of thiophene rings is 1. The van der Waals surface area contributed by atoms with Crippen LogP contribution in [-0.4, -0.2) is 29.8 Å². The minimum Gasteiger partial charge on any atom is -0.496 e. The van der Waals surface area contributed by atoms with Gasteiger partial charge in [-0.1, -0.05) is 29.8 Å². The number of aliphatic imine (C=N–C) groups is 1. The first-order chi connectivity index (χ1) is 14.5. The molecule has 0 saturated heterocycles. The third kappa shape index (κ3) is 4.23. The van der Waals surface area contributed by atoms with Crippen molar-refractivity contribution in [1.29, 1.82) is 0 Å². The van der Waals surface area contributed by atoms with E-state index in [0.717, 1.165) is 44.4 Å². The smallest absolute Gasteiger partial charge is 0.169 e. The number of hydrogen-bond acceptors (Lipinski definition) is 6. The van der Waals surface area contributed by atoms with Crippen LogP contribution in [0.3, 0.4) is 0 Å². The Labute approximate surface area is 184 Å². The van der Waals surface area contributed by atoms with Crippen LogP contribution in [0.2, 0.25) is 5.02 Å². The standard InChI is InChI=1S/C23H23ClN2O3S/c1-14(27)3-4-15-7-10-18(11-20(15)29-2)26-13-25-19-12-21(30-22(19)23(26)28)16-5-8-17(24)9-6-16/h5-14,23,27-28H,3-4H2,1-2H3. The normalized spacial score (nSPS) is 16.4. The van der Waals surface area contributed by atoms with Gasteiger partial charge in [-0.15, -0.1) is 11.3 Å². The molecule has 2 atom stereocenters. The molecule has 2 heterocycles. The van der Waals surface area contributed by atoms with E-state index in [9.17, 15) is 10.2 Å². The van der Waals surface area contributed by atoms with Gasteiger partial charge >= 0.3 is 0 Å². The number of rotatable bonds is 6. The fourth-order valence-corrected chi connectivity index (χ4v) is 4.65. The zero-order valence-corrected chi connectivity index (χ0v) is 18.3. The molecule has 0 bridgehead atoms. The van der Waals surface area contributed by atoms with E-state index in [4.69, 9.17) is 16.3 Å². The summed E-state index contributed by atoms with van der Waals surface area (Å²) in [4.78, 5) is 8.10. The van der Waals surface area contributed by atoms with E-state index >= 15 is 0 Å². The van der Waals surface area contributed by atoms with Crippen molar-refractivity contribution in [2.24, 2.45) is 4.99 Å². The van der Waals surface area contributed by atoms with Crippen LogP contribution in [-0.2, 0) is 6.42 Å². The first kappa shape index (κ1) is 20.9. The summed E-state index contributed by atoms with van der Waals surface area (Å²) in [6, 6.07) is 15.4. The molecule has 156 valence electrons. The molecule has 7 heteroatoms. The van der Waals surface area contributed by atoms with Crippen LogP contribution in [0.15, 0.2) is 53.5 Å². The summed E-state index contributed by atoms with van der Waals surface area (Å²) in [5, 5.41) is 21.3. The summed E-state index contributed by atoms with van der Waals surface area (Å²) in [5.41, 5.74) is 3.62. The minimum atomic E-state index is -0.837. The quantitative estimate of drug-likeness (QED) is 0.524. The fraction of sp³-hybridized carbons (Fsp3) is 0.261. The lowest BCUT2D eigenvalue weighted by Crippen LogP contribution is -2.28. The first-order valence-corrected chi connectivity index (χ1v) is 10.9. The lowest BCUT2D eigenvalue weighted by molar-refractivity contribution is 0.184. The van der Waals surface area contributed by atoms with Gasteiger partial charge in [0.25, 0.3) is 0 Å². The van der Waals surface area contributed by atoms with Crippen LogP contribution in [0.4, 0.5) is 11.4 Å². The Morgan fingerprint density at radius 1 is 1.20 bits per heavy atom.